The molecule has 2 aromatic heterocycles. The molecule has 1 amide bonds. The minimum Gasteiger partial charge on any atom is -0.356 e. The highest BCUT2D eigenvalue weighted by Gasteiger charge is 2.21. The van der Waals surface area contributed by atoms with Gasteiger partial charge in [-0.15, -0.1) is 0 Å². The molecule has 4 rings (SSSR count). The SMILES string of the molecule is CC1CCN(c2ncnc3c2cnn3CC(=O)Nc2ccc(Cl)cc2)CC1. The summed E-state index contributed by atoms with van der Waals surface area (Å²) >= 11 is 5.87. The largest absolute Gasteiger partial charge is 0.356 e. The van der Waals surface area contributed by atoms with Crippen LogP contribution in [0.5, 0.6) is 0 Å². The highest BCUT2D eigenvalue weighted by atomic mass is 35.5. The minimum atomic E-state index is -0.172. The summed E-state index contributed by atoms with van der Waals surface area (Å²) in [5.41, 5.74) is 1.36. The maximum absolute atomic E-state index is 12.4. The number of carbonyl (C=O) groups is 1. The number of halogens is 1. The summed E-state index contributed by atoms with van der Waals surface area (Å²) in [5, 5.41) is 8.72. The Hall–Kier alpha value is -2.67. The zero-order chi connectivity index (χ0) is 18.8. The van der Waals surface area contributed by atoms with E-state index in [1.807, 2.05) is 0 Å². The molecule has 0 saturated carbocycles. The normalized spacial score (nSPS) is 15.3. The van der Waals surface area contributed by atoms with Crippen LogP contribution in [0.15, 0.2) is 36.8 Å². The number of hydrogen-bond acceptors (Lipinski definition) is 5. The highest BCUT2D eigenvalue weighted by molar-refractivity contribution is 6.30. The van der Waals surface area contributed by atoms with Gasteiger partial charge in [-0.25, -0.2) is 14.6 Å². The number of fused-ring (bicyclic) bond motifs is 1. The second kappa shape index (κ2) is 7.52. The Morgan fingerprint density at radius 2 is 1.96 bits per heavy atom. The Kier molecular flexibility index (Phi) is 4.94. The van der Waals surface area contributed by atoms with E-state index >= 15 is 0 Å². The topological polar surface area (TPSA) is 75.9 Å². The maximum atomic E-state index is 12.4. The number of piperidine rings is 1. The molecule has 1 fully saturated rings. The van der Waals surface area contributed by atoms with Crippen LogP contribution in [-0.2, 0) is 11.3 Å². The molecule has 0 radical (unpaired) electrons. The van der Waals surface area contributed by atoms with E-state index in [-0.39, 0.29) is 12.5 Å². The van der Waals surface area contributed by atoms with Gasteiger partial charge >= 0.3 is 0 Å². The number of nitrogens with one attached hydrogen (secondary N) is 1. The Balaban J connectivity index is 1.52. The molecule has 8 heteroatoms. The summed E-state index contributed by atoms with van der Waals surface area (Å²) < 4.78 is 1.61. The van der Waals surface area contributed by atoms with Crippen LogP contribution in [0.25, 0.3) is 11.0 Å². The van der Waals surface area contributed by atoms with Crippen LogP contribution in [-0.4, -0.2) is 38.7 Å². The number of amides is 1. The van der Waals surface area contributed by atoms with E-state index in [0.29, 0.717) is 16.4 Å². The standard InChI is InChI=1S/C19H21ClN6O/c1-13-6-8-25(9-7-13)18-16-10-23-26(19(16)22-12-21-18)11-17(27)24-15-4-2-14(20)3-5-15/h2-5,10,12-13H,6-9,11H2,1H3,(H,24,27). The Morgan fingerprint density at radius 1 is 1.22 bits per heavy atom. The third-order valence-corrected chi connectivity index (χ3v) is 5.17. The summed E-state index contributed by atoms with van der Waals surface area (Å²) in [6.45, 7) is 4.33. The van der Waals surface area contributed by atoms with E-state index in [2.05, 4.69) is 32.2 Å². The molecule has 3 aromatic rings. The molecule has 0 spiro atoms. The molecular formula is C19H21ClN6O. The van der Waals surface area contributed by atoms with Crippen molar-refractivity contribution in [2.45, 2.75) is 26.3 Å². The van der Waals surface area contributed by atoms with Crippen molar-refractivity contribution < 1.29 is 4.79 Å². The van der Waals surface area contributed by atoms with Crippen molar-refractivity contribution in [3.63, 3.8) is 0 Å². The quantitative estimate of drug-likeness (QED) is 0.746. The summed E-state index contributed by atoms with van der Waals surface area (Å²) in [6, 6.07) is 7.00. The molecule has 0 bridgehead atoms. The zero-order valence-electron chi connectivity index (χ0n) is 15.1. The van der Waals surface area contributed by atoms with Gasteiger partial charge in [0.05, 0.1) is 11.6 Å². The summed E-state index contributed by atoms with van der Waals surface area (Å²) in [5.74, 6) is 1.48. The molecule has 3 heterocycles. The smallest absolute Gasteiger partial charge is 0.246 e. The fraction of sp³-hybridized carbons (Fsp3) is 0.368. The first-order chi connectivity index (χ1) is 13.1. The van der Waals surface area contributed by atoms with Crippen LogP contribution in [0.2, 0.25) is 5.02 Å². The third-order valence-electron chi connectivity index (χ3n) is 4.92. The molecule has 0 unspecified atom stereocenters. The summed E-state index contributed by atoms with van der Waals surface area (Å²) in [4.78, 5) is 23.5. The lowest BCUT2D eigenvalue weighted by Gasteiger charge is -2.31. The first kappa shape index (κ1) is 17.7. The molecule has 0 atom stereocenters. The Morgan fingerprint density at radius 3 is 2.70 bits per heavy atom. The van der Waals surface area contributed by atoms with E-state index in [1.165, 1.54) is 0 Å². The van der Waals surface area contributed by atoms with E-state index < -0.39 is 0 Å². The molecule has 1 aliphatic rings. The molecule has 0 aliphatic carbocycles. The van der Waals surface area contributed by atoms with Crippen LogP contribution < -0.4 is 10.2 Å². The van der Waals surface area contributed by atoms with Gasteiger partial charge in [0.15, 0.2) is 5.65 Å². The summed E-state index contributed by atoms with van der Waals surface area (Å²) in [6.07, 6.45) is 5.61. The van der Waals surface area contributed by atoms with Crippen molar-refractivity contribution in [2.24, 2.45) is 5.92 Å². The van der Waals surface area contributed by atoms with Crippen molar-refractivity contribution in [2.75, 3.05) is 23.3 Å². The monoisotopic (exact) mass is 384 g/mol. The Labute approximate surface area is 162 Å². The lowest BCUT2D eigenvalue weighted by atomic mass is 9.99. The van der Waals surface area contributed by atoms with Gasteiger partial charge < -0.3 is 10.2 Å². The number of hydrogen-bond donors (Lipinski definition) is 1. The van der Waals surface area contributed by atoms with Gasteiger partial charge in [-0.1, -0.05) is 18.5 Å². The predicted molar refractivity (Wildman–Crippen MR) is 106 cm³/mol. The van der Waals surface area contributed by atoms with Crippen molar-refractivity contribution >= 4 is 40.0 Å². The van der Waals surface area contributed by atoms with Crippen molar-refractivity contribution in [3.8, 4) is 0 Å². The van der Waals surface area contributed by atoms with E-state index in [9.17, 15) is 4.79 Å². The van der Waals surface area contributed by atoms with Crippen LogP contribution >= 0.6 is 11.6 Å². The molecular weight excluding hydrogens is 364 g/mol. The van der Waals surface area contributed by atoms with E-state index in [0.717, 1.165) is 43.1 Å². The first-order valence-electron chi connectivity index (χ1n) is 9.07. The zero-order valence-corrected chi connectivity index (χ0v) is 15.9. The molecule has 1 N–H and O–H groups in total. The molecule has 140 valence electrons. The molecule has 7 nitrogen and oxygen atoms in total. The predicted octanol–water partition coefficient (Wildman–Crippen LogP) is 3.35. The fourth-order valence-electron chi connectivity index (χ4n) is 3.34. The van der Waals surface area contributed by atoms with Crippen molar-refractivity contribution in [3.05, 3.63) is 41.8 Å². The molecule has 1 saturated heterocycles. The van der Waals surface area contributed by atoms with Gasteiger partial charge in [0.2, 0.25) is 5.91 Å². The number of aromatic nitrogens is 4. The second-order valence-corrected chi connectivity index (χ2v) is 7.40. The number of nitrogens with zero attached hydrogens (tertiary/aromatic N) is 5. The minimum absolute atomic E-state index is 0.0830. The molecule has 27 heavy (non-hydrogen) atoms. The van der Waals surface area contributed by atoms with Crippen LogP contribution in [0, 0.1) is 5.92 Å². The lowest BCUT2D eigenvalue weighted by molar-refractivity contribution is -0.116. The average Bonchev–Trinajstić information content (AvgIpc) is 3.07. The van der Waals surface area contributed by atoms with Gasteiger partial charge in [0.25, 0.3) is 0 Å². The fourth-order valence-corrected chi connectivity index (χ4v) is 3.46. The third kappa shape index (κ3) is 3.88. The van der Waals surface area contributed by atoms with Crippen LogP contribution in [0.1, 0.15) is 19.8 Å². The molecule has 1 aromatic carbocycles. The van der Waals surface area contributed by atoms with Gasteiger partial charge in [0.1, 0.15) is 18.7 Å². The van der Waals surface area contributed by atoms with Crippen molar-refractivity contribution in [1.82, 2.24) is 19.7 Å². The van der Waals surface area contributed by atoms with Crippen LogP contribution in [0.4, 0.5) is 11.5 Å². The van der Waals surface area contributed by atoms with Gasteiger partial charge in [-0.3, -0.25) is 4.79 Å². The first-order valence-corrected chi connectivity index (χ1v) is 9.45. The number of carbonyl (C=O) groups excluding carboxylic acids is 1. The lowest BCUT2D eigenvalue weighted by Crippen LogP contribution is -2.33. The number of benzene rings is 1. The Bertz CT molecular complexity index is 946. The van der Waals surface area contributed by atoms with Crippen molar-refractivity contribution in [1.29, 1.82) is 0 Å². The maximum Gasteiger partial charge on any atom is 0.246 e. The van der Waals surface area contributed by atoms with E-state index in [1.54, 1.807) is 41.5 Å². The molecule has 1 aliphatic heterocycles. The average molecular weight is 385 g/mol. The van der Waals surface area contributed by atoms with Gasteiger partial charge in [0, 0.05) is 23.8 Å². The summed E-state index contributed by atoms with van der Waals surface area (Å²) in [7, 11) is 0. The van der Waals surface area contributed by atoms with Gasteiger partial charge in [-0.2, -0.15) is 5.10 Å². The van der Waals surface area contributed by atoms with Gasteiger partial charge in [-0.05, 0) is 43.0 Å². The highest BCUT2D eigenvalue weighted by Crippen LogP contribution is 2.27. The second-order valence-electron chi connectivity index (χ2n) is 6.96. The number of rotatable bonds is 4. The number of anilines is 2. The van der Waals surface area contributed by atoms with Crippen LogP contribution in [0.3, 0.4) is 0 Å². The van der Waals surface area contributed by atoms with E-state index in [4.69, 9.17) is 11.6 Å².